The lowest BCUT2D eigenvalue weighted by atomic mass is 9.70. The van der Waals surface area contributed by atoms with Crippen LogP contribution in [0.25, 0.3) is 11.1 Å². The van der Waals surface area contributed by atoms with Crippen LogP contribution >= 0.6 is 0 Å². The monoisotopic (exact) mass is 504 g/mol. The van der Waals surface area contributed by atoms with E-state index in [1.54, 1.807) is 31.7 Å². The number of hydrogen-bond acceptors (Lipinski definition) is 0. The lowest BCUT2D eigenvalue weighted by Crippen LogP contribution is -2.24. The minimum atomic E-state index is -0.130. The van der Waals surface area contributed by atoms with Crippen molar-refractivity contribution in [3.05, 3.63) is 59.4 Å². The summed E-state index contributed by atoms with van der Waals surface area (Å²) in [4.78, 5) is 0. The molecule has 1 heteroatoms. The molecule has 0 radical (unpaired) electrons. The Hall–Kier alpha value is -1.63. The van der Waals surface area contributed by atoms with E-state index >= 15 is 0 Å². The Morgan fingerprint density at radius 3 is 1.59 bits per heavy atom. The number of aryl methyl sites for hydroxylation is 2. The van der Waals surface area contributed by atoms with Crippen LogP contribution in [0.15, 0.2) is 42.5 Å². The Bertz CT molecular complexity index is 900. The van der Waals surface area contributed by atoms with E-state index in [2.05, 4.69) is 45.0 Å². The highest BCUT2D eigenvalue weighted by molar-refractivity contribution is 5.64. The van der Waals surface area contributed by atoms with E-state index in [1.807, 2.05) is 19.1 Å². The van der Waals surface area contributed by atoms with Gasteiger partial charge >= 0.3 is 0 Å². The van der Waals surface area contributed by atoms with Gasteiger partial charge in [0.2, 0.25) is 0 Å². The molecule has 0 amide bonds. The van der Waals surface area contributed by atoms with Gasteiger partial charge in [-0.2, -0.15) is 0 Å². The van der Waals surface area contributed by atoms with E-state index in [0.717, 1.165) is 53.1 Å². The largest absolute Gasteiger partial charge is 0.206 e. The van der Waals surface area contributed by atoms with Gasteiger partial charge in [0.05, 0.1) is 0 Å². The smallest absolute Gasteiger partial charge is 0.131 e. The SMILES string of the molecule is CC1CCC(C2CCC(C)CC2)CC1.Cc1ccc(-c2ccc(CCC3CCC(C)CC3)cc2)c(F)c1. The van der Waals surface area contributed by atoms with E-state index in [1.165, 1.54) is 63.4 Å². The van der Waals surface area contributed by atoms with Crippen molar-refractivity contribution in [3.63, 3.8) is 0 Å². The first-order chi connectivity index (χ1) is 17.9. The summed E-state index contributed by atoms with van der Waals surface area (Å²) in [5, 5.41) is 0. The van der Waals surface area contributed by atoms with Crippen LogP contribution in [0.1, 0.15) is 115 Å². The molecule has 3 aliphatic rings. The molecule has 0 unspecified atom stereocenters. The van der Waals surface area contributed by atoms with Gasteiger partial charge in [0.25, 0.3) is 0 Å². The summed E-state index contributed by atoms with van der Waals surface area (Å²) in [6.45, 7) is 9.15. The molecule has 0 aliphatic heterocycles. The highest BCUT2D eigenvalue weighted by Gasteiger charge is 2.28. The predicted molar refractivity (Wildman–Crippen MR) is 158 cm³/mol. The Balaban J connectivity index is 0.000000195. The van der Waals surface area contributed by atoms with Gasteiger partial charge in [0, 0.05) is 5.56 Å². The van der Waals surface area contributed by atoms with Gasteiger partial charge in [-0.3, -0.25) is 0 Å². The fourth-order valence-electron chi connectivity index (χ4n) is 7.21. The van der Waals surface area contributed by atoms with E-state index < -0.39 is 0 Å². The van der Waals surface area contributed by atoms with Crippen LogP contribution in [-0.2, 0) is 6.42 Å². The molecule has 0 spiro atoms. The molecule has 2 aromatic rings. The second-order valence-electron chi connectivity index (χ2n) is 13.4. The number of benzene rings is 2. The quantitative estimate of drug-likeness (QED) is 0.380. The molecule has 0 bridgehead atoms. The second kappa shape index (κ2) is 14.0. The molecule has 0 aromatic heterocycles. The molecule has 0 nitrogen and oxygen atoms in total. The third kappa shape index (κ3) is 8.69. The van der Waals surface area contributed by atoms with Gasteiger partial charge in [-0.15, -0.1) is 0 Å². The molecule has 0 heterocycles. The van der Waals surface area contributed by atoms with Crippen molar-refractivity contribution in [2.45, 2.75) is 118 Å². The standard InChI is InChI=1S/C22H27F.C14H26/c1-16-3-6-18(7-4-16)8-9-19-10-12-20(13-11-19)21-14-5-17(2)15-22(21)23;1-11-3-7-13(8-4-11)14-9-5-12(2)6-10-14/h5,10-16,18H,3-4,6-9H2,1-2H3;11-14H,3-10H2,1-2H3. The number of halogens is 1. The maximum absolute atomic E-state index is 14.1. The third-order valence-corrected chi connectivity index (χ3v) is 10.2. The third-order valence-electron chi connectivity index (χ3n) is 10.2. The molecule has 0 atom stereocenters. The van der Waals surface area contributed by atoms with Crippen molar-refractivity contribution in [3.8, 4) is 11.1 Å². The van der Waals surface area contributed by atoms with Crippen LogP contribution in [0, 0.1) is 48.2 Å². The van der Waals surface area contributed by atoms with Crippen LogP contribution in [-0.4, -0.2) is 0 Å². The van der Waals surface area contributed by atoms with E-state index in [4.69, 9.17) is 0 Å². The number of rotatable bonds is 5. The van der Waals surface area contributed by atoms with E-state index in [0.29, 0.717) is 5.56 Å². The molecule has 37 heavy (non-hydrogen) atoms. The lowest BCUT2D eigenvalue weighted by molar-refractivity contribution is 0.155. The van der Waals surface area contributed by atoms with Crippen LogP contribution < -0.4 is 0 Å². The normalized spacial score (nSPS) is 30.3. The Morgan fingerprint density at radius 1 is 0.622 bits per heavy atom. The molecule has 5 rings (SSSR count). The van der Waals surface area contributed by atoms with Crippen molar-refractivity contribution >= 4 is 0 Å². The van der Waals surface area contributed by atoms with Gasteiger partial charge in [-0.1, -0.05) is 109 Å². The maximum atomic E-state index is 14.1. The van der Waals surface area contributed by atoms with E-state index in [9.17, 15) is 4.39 Å². The van der Waals surface area contributed by atoms with Crippen LogP contribution in [0.2, 0.25) is 0 Å². The topological polar surface area (TPSA) is 0 Å². The van der Waals surface area contributed by atoms with Crippen LogP contribution in [0.5, 0.6) is 0 Å². The molecule has 0 N–H and O–H groups in total. The summed E-state index contributed by atoms with van der Waals surface area (Å²) in [6, 6.07) is 13.9. The summed E-state index contributed by atoms with van der Waals surface area (Å²) < 4.78 is 14.1. The zero-order valence-electron chi connectivity index (χ0n) is 24.3. The average molecular weight is 505 g/mol. The molecule has 204 valence electrons. The molecule has 3 fully saturated rings. The minimum Gasteiger partial charge on any atom is -0.206 e. The zero-order chi connectivity index (χ0) is 26.2. The zero-order valence-corrected chi connectivity index (χ0v) is 24.3. The predicted octanol–water partition coefficient (Wildman–Crippen LogP) is 11.2. The Labute approximate surface area is 227 Å². The summed E-state index contributed by atoms with van der Waals surface area (Å²) in [6.07, 6.45) is 20.2. The van der Waals surface area contributed by atoms with Crippen LogP contribution in [0.4, 0.5) is 4.39 Å². The highest BCUT2D eigenvalue weighted by Crippen LogP contribution is 2.41. The Morgan fingerprint density at radius 2 is 1.11 bits per heavy atom. The van der Waals surface area contributed by atoms with Crippen molar-refractivity contribution in [1.82, 2.24) is 0 Å². The van der Waals surface area contributed by atoms with Gasteiger partial charge in [0.1, 0.15) is 5.82 Å². The van der Waals surface area contributed by atoms with Crippen LogP contribution in [0.3, 0.4) is 0 Å². The molecule has 3 aliphatic carbocycles. The second-order valence-corrected chi connectivity index (χ2v) is 13.4. The fraction of sp³-hybridized carbons (Fsp3) is 0.667. The molecule has 2 aromatic carbocycles. The highest BCUT2D eigenvalue weighted by atomic mass is 19.1. The molecular weight excluding hydrogens is 451 g/mol. The first-order valence-corrected chi connectivity index (χ1v) is 15.7. The van der Waals surface area contributed by atoms with Crippen molar-refractivity contribution in [2.24, 2.45) is 35.5 Å². The van der Waals surface area contributed by atoms with E-state index in [-0.39, 0.29) is 5.82 Å². The summed E-state index contributed by atoms with van der Waals surface area (Å²) >= 11 is 0. The summed E-state index contributed by atoms with van der Waals surface area (Å²) in [5.74, 6) is 5.96. The average Bonchev–Trinajstić information content (AvgIpc) is 2.90. The Kier molecular flexibility index (Phi) is 10.7. The fourth-order valence-corrected chi connectivity index (χ4v) is 7.21. The molecule has 3 saturated carbocycles. The minimum absolute atomic E-state index is 0.130. The van der Waals surface area contributed by atoms with Gasteiger partial charge < -0.3 is 0 Å². The van der Waals surface area contributed by atoms with Crippen molar-refractivity contribution in [1.29, 1.82) is 0 Å². The van der Waals surface area contributed by atoms with Gasteiger partial charge in [0.15, 0.2) is 0 Å². The van der Waals surface area contributed by atoms with Gasteiger partial charge in [-0.05, 0) is 104 Å². The first kappa shape index (κ1) is 28.4. The maximum Gasteiger partial charge on any atom is 0.131 e. The van der Waals surface area contributed by atoms with Gasteiger partial charge in [-0.25, -0.2) is 4.39 Å². The molecule has 0 saturated heterocycles. The van der Waals surface area contributed by atoms with Crippen molar-refractivity contribution < 1.29 is 4.39 Å². The molecular formula is C36H53F. The van der Waals surface area contributed by atoms with Crippen molar-refractivity contribution in [2.75, 3.05) is 0 Å². The number of hydrogen-bond donors (Lipinski definition) is 0. The lowest BCUT2D eigenvalue weighted by Gasteiger charge is -2.36. The summed E-state index contributed by atoms with van der Waals surface area (Å²) in [5.41, 5.74) is 4.01. The first-order valence-electron chi connectivity index (χ1n) is 15.7. The summed E-state index contributed by atoms with van der Waals surface area (Å²) in [7, 11) is 0.